The lowest BCUT2D eigenvalue weighted by Gasteiger charge is -2.17. The summed E-state index contributed by atoms with van der Waals surface area (Å²) in [5.74, 6) is -0.778. The molecule has 136 valence electrons. The molecule has 0 unspecified atom stereocenters. The molecule has 7 heteroatoms. The quantitative estimate of drug-likeness (QED) is 0.882. The number of rotatable bonds is 5. The fourth-order valence-corrected chi connectivity index (χ4v) is 3.26. The molecule has 0 aliphatic carbocycles. The van der Waals surface area contributed by atoms with Gasteiger partial charge in [-0.15, -0.1) is 0 Å². The van der Waals surface area contributed by atoms with Crippen LogP contribution in [0, 0.1) is 5.92 Å². The van der Waals surface area contributed by atoms with E-state index >= 15 is 0 Å². The van der Waals surface area contributed by atoms with E-state index in [2.05, 4.69) is 9.97 Å². The smallest absolute Gasteiger partial charge is 0.308 e. The highest BCUT2D eigenvalue weighted by Crippen LogP contribution is 2.35. The van der Waals surface area contributed by atoms with Crippen molar-refractivity contribution < 1.29 is 19.4 Å². The van der Waals surface area contributed by atoms with Crippen molar-refractivity contribution in [2.24, 2.45) is 5.92 Å². The first-order valence-electron chi connectivity index (χ1n) is 8.50. The normalized spacial score (nSPS) is 19.4. The van der Waals surface area contributed by atoms with Crippen LogP contribution in [0.25, 0.3) is 0 Å². The summed E-state index contributed by atoms with van der Waals surface area (Å²) in [6, 6.07) is 7.34. The summed E-state index contributed by atoms with van der Waals surface area (Å²) in [7, 11) is 1.57. The Balaban J connectivity index is 1.84. The summed E-state index contributed by atoms with van der Waals surface area (Å²) >= 11 is 0. The lowest BCUT2D eigenvalue weighted by Crippen LogP contribution is -2.30. The van der Waals surface area contributed by atoms with Gasteiger partial charge in [-0.25, -0.2) is 9.97 Å². The second-order valence-electron chi connectivity index (χ2n) is 6.28. The van der Waals surface area contributed by atoms with Crippen molar-refractivity contribution in [2.45, 2.75) is 19.3 Å². The SMILES string of the molecule is CCc1ncc(C(=O)N2C[C@@H](C(=O)O)[C@H](c3cccc(OC)c3)C2)cn1. The van der Waals surface area contributed by atoms with E-state index in [0.717, 1.165) is 5.56 Å². The van der Waals surface area contributed by atoms with Crippen LogP contribution in [0.4, 0.5) is 0 Å². The molecule has 0 bridgehead atoms. The van der Waals surface area contributed by atoms with Crippen LogP contribution in [0.5, 0.6) is 5.75 Å². The molecule has 0 radical (unpaired) electrons. The van der Waals surface area contributed by atoms with E-state index in [0.29, 0.717) is 30.1 Å². The highest BCUT2D eigenvalue weighted by molar-refractivity contribution is 5.94. The zero-order valence-electron chi connectivity index (χ0n) is 14.8. The number of nitrogens with zero attached hydrogens (tertiary/aromatic N) is 3. The lowest BCUT2D eigenvalue weighted by molar-refractivity contribution is -0.141. The van der Waals surface area contributed by atoms with Gasteiger partial charge in [0.25, 0.3) is 5.91 Å². The summed E-state index contributed by atoms with van der Waals surface area (Å²) in [6.07, 6.45) is 3.70. The van der Waals surface area contributed by atoms with Crippen molar-refractivity contribution in [1.82, 2.24) is 14.9 Å². The number of aryl methyl sites for hydroxylation is 1. The van der Waals surface area contributed by atoms with E-state index in [1.54, 1.807) is 12.0 Å². The highest BCUT2D eigenvalue weighted by atomic mass is 16.5. The van der Waals surface area contributed by atoms with Crippen LogP contribution >= 0.6 is 0 Å². The minimum atomic E-state index is -0.911. The Morgan fingerprint density at radius 2 is 2.00 bits per heavy atom. The third-order valence-corrected chi connectivity index (χ3v) is 4.71. The van der Waals surface area contributed by atoms with Gasteiger partial charge < -0.3 is 14.7 Å². The summed E-state index contributed by atoms with van der Waals surface area (Å²) in [4.78, 5) is 34.3. The van der Waals surface area contributed by atoms with Gasteiger partial charge >= 0.3 is 5.97 Å². The number of carbonyl (C=O) groups excluding carboxylic acids is 1. The van der Waals surface area contributed by atoms with Crippen molar-refractivity contribution in [2.75, 3.05) is 20.2 Å². The number of carboxylic acid groups (broad SMARTS) is 1. The predicted octanol–water partition coefficient (Wildman–Crippen LogP) is 1.99. The molecule has 2 aromatic rings. The van der Waals surface area contributed by atoms with Gasteiger partial charge in [-0.05, 0) is 17.7 Å². The first-order valence-corrected chi connectivity index (χ1v) is 8.50. The number of amides is 1. The number of aromatic nitrogens is 2. The van der Waals surface area contributed by atoms with Crippen LogP contribution in [-0.4, -0.2) is 52.1 Å². The molecule has 1 aromatic heterocycles. The second kappa shape index (κ2) is 7.51. The zero-order valence-corrected chi connectivity index (χ0v) is 14.8. The number of aliphatic carboxylic acids is 1. The molecule has 1 aliphatic heterocycles. The summed E-state index contributed by atoms with van der Waals surface area (Å²) < 4.78 is 5.23. The largest absolute Gasteiger partial charge is 0.497 e. The number of hydrogen-bond donors (Lipinski definition) is 1. The molecule has 1 aliphatic rings. The van der Waals surface area contributed by atoms with Crippen LogP contribution in [0.2, 0.25) is 0 Å². The molecular formula is C19H21N3O4. The molecule has 1 saturated heterocycles. The van der Waals surface area contributed by atoms with Gasteiger partial charge in [-0.2, -0.15) is 0 Å². The molecule has 3 rings (SSSR count). The number of likely N-dealkylation sites (tertiary alicyclic amines) is 1. The zero-order chi connectivity index (χ0) is 18.7. The fraction of sp³-hybridized carbons (Fsp3) is 0.368. The van der Waals surface area contributed by atoms with Crippen LogP contribution in [0.1, 0.15) is 34.6 Å². The van der Waals surface area contributed by atoms with E-state index in [9.17, 15) is 14.7 Å². The minimum absolute atomic E-state index is 0.158. The van der Waals surface area contributed by atoms with Gasteiger partial charge in [0.15, 0.2) is 0 Å². The first-order chi connectivity index (χ1) is 12.5. The number of methoxy groups -OCH3 is 1. The van der Waals surface area contributed by atoms with E-state index in [-0.39, 0.29) is 18.4 Å². The number of carboxylic acids is 1. The Bertz CT molecular complexity index is 807. The summed E-state index contributed by atoms with van der Waals surface area (Å²) in [5.41, 5.74) is 1.22. The highest BCUT2D eigenvalue weighted by Gasteiger charge is 2.40. The average Bonchev–Trinajstić information content (AvgIpc) is 3.13. The van der Waals surface area contributed by atoms with E-state index in [1.807, 2.05) is 31.2 Å². The standard InChI is InChI=1S/C19H21N3O4/c1-3-17-20-8-13(9-21-17)18(23)22-10-15(16(11-22)19(24)25)12-5-4-6-14(7-12)26-2/h4-9,15-16H,3,10-11H2,1-2H3,(H,24,25)/t15-,16+/m0/s1. The third kappa shape index (κ3) is 3.51. The maximum absolute atomic E-state index is 12.7. The molecule has 2 atom stereocenters. The molecule has 1 N–H and O–H groups in total. The number of hydrogen-bond acceptors (Lipinski definition) is 5. The van der Waals surface area contributed by atoms with Crippen molar-refractivity contribution in [3.8, 4) is 5.75 Å². The monoisotopic (exact) mass is 355 g/mol. The Hall–Kier alpha value is -2.96. The molecular weight excluding hydrogens is 334 g/mol. The van der Waals surface area contributed by atoms with Crippen LogP contribution in [0.15, 0.2) is 36.7 Å². The minimum Gasteiger partial charge on any atom is -0.497 e. The Morgan fingerprint density at radius 1 is 1.27 bits per heavy atom. The van der Waals surface area contributed by atoms with Crippen LogP contribution < -0.4 is 4.74 Å². The van der Waals surface area contributed by atoms with Gasteiger partial charge in [0.2, 0.25) is 0 Å². The molecule has 1 aromatic carbocycles. The summed E-state index contributed by atoms with van der Waals surface area (Å²) in [6.45, 7) is 2.43. The molecule has 7 nitrogen and oxygen atoms in total. The Kier molecular flexibility index (Phi) is 5.16. The van der Waals surface area contributed by atoms with Gasteiger partial charge in [-0.1, -0.05) is 19.1 Å². The second-order valence-corrected chi connectivity index (χ2v) is 6.28. The number of carbonyl (C=O) groups is 2. The van der Waals surface area contributed by atoms with Crippen molar-refractivity contribution >= 4 is 11.9 Å². The molecule has 0 saturated carbocycles. The number of ether oxygens (including phenoxy) is 1. The average molecular weight is 355 g/mol. The first kappa shape index (κ1) is 17.8. The van der Waals surface area contributed by atoms with Gasteiger partial charge in [-0.3, -0.25) is 9.59 Å². The molecule has 1 amide bonds. The maximum atomic E-state index is 12.7. The Morgan fingerprint density at radius 3 is 2.62 bits per heavy atom. The van der Waals surface area contributed by atoms with E-state index in [4.69, 9.17) is 4.74 Å². The molecule has 0 spiro atoms. The van der Waals surface area contributed by atoms with Crippen molar-refractivity contribution in [3.63, 3.8) is 0 Å². The van der Waals surface area contributed by atoms with Gasteiger partial charge in [0.1, 0.15) is 11.6 Å². The third-order valence-electron chi connectivity index (χ3n) is 4.71. The van der Waals surface area contributed by atoms with Crippen molar-refractivity contribution in [3.05, 3.63) is 53.6 Å². The lowest BCUT2D eigenvalue weighted by atomic mass is 9.89. The molecule has 26 heavy (non-hydrogen) atoms. The van der Waals surface area contributed by atoms with Crippen molar-refractivity contribution in [1.29, 1.82) is 0 Å². The van der Waals surface area contributed by atoms with Crippen LogP contribution in [-0.2, 0) is 11.2 Å². The number of benzene rings is 1. The Labute approximate surface area is 151 Å². The van der Waals surface area contributed by atoms with Gasteiger partial charge in [0, 0.05) is 37.8 Å². The van der Waals surface area contributed by atoms with Crippen LogP contribution in [0.3, 0.4) is 0 Å². The van der Waals surface area contributed by atoms with E-state index < -0.39 is 11.9 Å². The van der Waals surface area contributed by atoms with Gasteiger partial charge in [0.05, 0.1) is 18.6 Å². The molecule has 1 fully saturated rings. The topological polar surface area (TPSA) is 92.6 Å². The fourth-order valence-electron chi connectivity index (χ4n) is 3.26. The maximum Gasteiger partial charge on any atom is 0.308 e. The molecule has 2 heterocycles. The predicted molar refractivity (Wildman–Crippen MR) is 94.2 cm³/mol. The summed E-state index contributed by atoms with van der Waals surface area (Å²) in [5, 5.41) is 9.62. The van der Waals surface area contributed by atoms with E-state index in [1.165, 1.54) is 12.4 Å².